The van der Waals surface area contributed by atoms with Gasteiger partial charge in [-0.05, 0) is 19.9 Å². The summed E-state index contributed by atoms with van der Waals surface area (Å²) < 4.78 is 0. The van der Waals surface area contributed by atoms with Crippen LogP contribution in [-0.4, -0.2) is 10.0 Å². The predicted molar refractivity (Wildman–Crippen MR) is 53.1 cm³/mol. The summed E-state index contributed by atoms with van der Waals surface area (Å²) in [4.78, 5) is 14.6. The van der Waals surface area contributed by atoms with Gasteiger partial charge in [-0.25, -0.2) is 5.90 Å². The average molecular weight is 212 g/mol. The van der Waals surface area contributed by atoms with E-state index in [9.17, 15) is 15.2 Å². The highest BCUT2D eigenvalue weighted by atomic mass is 16.6. The smallest absolute Gasteiger partial charge is 0.270 e. The maximum absolute atomic E-state index is 10.5. The Hall–Kier alpha value is -1.66. The summed E-state index contributed by atoms with van der Waals surface area (Å²) in [5.74, 6) is 4.97. The number of nitrogens with two attached hydrogens (primary N) is 1. The van der Waals surface area contributed by atoms with Crippen molar-refractivity contribution in [1.82, 2.24) is 0 Å². The van der Waals surface area contributed by atoms with E-state index < -0.39 is 10.5 Å². The molecule has 0 unspecified atom stereocenters. The van der Waals surface area contributed by atoms with Crippen LogP contribution in [0.2, 0.25) is 0 Å². The molecule has 0 saturated heterocycles. The van der Waals surface area contributed by atoms with Crippen LogP contribution in [0.25, 0.3) is 0 Å². The van der Waals surface area contributed by atoms with Crippen LogP contribution in [0, 0.1) is 10.1 Å². The van der Waals surface area contributed by atoms with Crippen LogP contribution in [0.3, 0.4) is 0 Å². The molecular weight excluding hydrogens is 200 g/mol. The number of hydrogen-bond acceptors (Lipinski definition) is 5. The molecule has 1 aromatic carbocycles. The van der Waals surface area contributed by atoms with Gasteiger partial charge in [0.25, 0.3) is 5.69 Å². The third-order valence-electron chi connectivity index (χ3n) is 2.13. The molecule has 0 amide bonds. The van der Waals surface area contributed by atoms with E-state index in [1.54, 1.807) is 13.8 Å². The van der Waals surface area contributed by atoms with Gasteiger partial charge in [0.1, 0.15) is 11.4 Å². The molecule has 15 heavy (non-hydrogen) atoms. The van der Waals surface area contributed by atoms with Crippen molar-refractivity contribution in [2.24, 2.45) is 5.90 Å². The van der Waals surface area contributed by atoms with Crippen LogP contribution >= 0.6 is 0 Å². The van der Waals surface area contributed by atoms with Crippen LogP contribution in [0.1, 0.15) is 19.4 Å². The third kappa shape index (κ3) is 2.23. The summed E-state index contributed by atoms with van der Waals surface area (Å²) in [5, 5.41) is 20.1. The highest BCUT2D eigenvalue weighted by Crippen LogP contribution is 2.33. The van der Waals surface area contributed by atoms with Crippen molar-refractivity contribution in [3.05, 3.63) is 33.9 Å². The van der Waals surface area contributed by atoms with E-state index in [4.69, 9.17) is 5.90 Å². The summed E-state index contributed by atoms with van der Waals surface area (Å²) in [5.41, 5.74) is -0.817. The molecule has 0 atom stereocenters. The van der Waals surface area contributed by atoms with Crippen LogP contribution < -0.4 is 5.90 Å². The largest absolute Gasteiger partial charge is 0.508 e. The highest BCUT2D eigenvalue weighted by molar-refractivity contribution is 5.45. The van der Waals surface area contributed by atoms with Crippen molar-refractivity contribution >= 4 is 5.69 Å². The van der Waals surface area contributed by atoms with Gasteiger partial charge in [0.2, 0.25) is 0 Å². The lowest BCUT2D eigenvalue weighted by molar-refractivity contribution is -0.385. The Labute approximate surface area is 86.4 Å². The summed E-state index contributed by atoms with van der Waals surface area (Å²) in [6.07, 6.45) is 0. The fourth-order valence-electron chi connectivity index (χ4n) is 1.18. The van der Waals surface area contributed by atoms with Gasteiger partial charge in [-0.2, -0.15) is 0 Å². The molecule has 6 heteroatoms. The van der Waals surface area contributed by atoms with Gasteiger partial charge in [0.05, 0.1) is 4.92 Å². The van der Waals surface area contributed by atoms with Gasteiger partial charge < -0.3 is 5.11 Å². The molecule has 0 heterocycles. The van der Waals surface area contributed by atoms with Crippen molar-refractivity contribution in [2.45, 2.75) is 19.4 Å². The lowest BCUT2D eigenvalue weighted by Crippen LogP contribution is -2.25. The SMILES string of the molecule is CC(C)(ON)c1cc([N+](=O)[O-])ccc1O. The fourth-order valence-corrected chi connectivity index (χ4v) is 1.18. The topological polar surface area (TPSA) is 98.6 Å². The predicted octanol–water partition coefficient (Wildman–Crippen LogP) is 1.43. The molecule has 0 bridgehead atoms. The van der Waals surface area contributed by atoms with E-state index in [2.05, 4.69) is 4.84 Å². The maximum Gasteiger partial charge on any atom is 0.270 e. The first-order valence-corrected chi connectivity index (χ1v) is 4.24. The number of nitro benzene ring substituents is 1. The monoisotopic (exact) mass is 212 g/mol. The van der Waals surface area contributed by atoms with Gasteiger partial charge in [0, 0.05) is 17.7 Å². The lowest BCUT2D eigenvalue weighted by atomic mass is 9.97. The second kappa shape index (κ2) is 3.84. The van der Waals surface area contributed by atoms with Crippen molar-refractivity contribution in [2.75, 3.05) is 0 Å². The van der Waals surface area contributed by atoms with Crippen molar-refractivity contribution in [1.29, 1.82) is 0 Å². The minimum absolute atomic E-state index is 0.0870. The number of nitro groups is 1. The Morgan fingerprint density at radius 2 is 2.13 bits per heavy atom. The zero-order valence-corrected chi connectivity index (χ0v) is 8.43. The van der Waals surface area contributed by atoms with Crippen molar-refractivity contribution in [3.63, 3.8) is 0 Å². The molecule has 0 aliphatic rings. The number of non-ortho nitro benzene ring substituents is 1. The van der Waals surface area contributed by atoms with Gasteiger partial charge >= 0.3 is 0 Å². The molecule has 3 N–H and O–H groups in total. The first-order chi connectivity index (χ1) is 6.88. The quantitative estimate of drug-likeness (QED) is 0.583. The number of phenols is 1. The summed E-state index contributed by atoms with van der Waals surface area (Å²) in [7, 11) is 0. The fraction of sp³-hybridized carbons (Fsp3) is 0.333. The van der Waals surface area contributed by atoms with Gasteiger partial charge in [-0.3, -0.25) is 15.0 Å². The number of hydrogen-bond donors (Lipinski definition) is 2. The normalized spacial score (nSPS) is 11.4. The van der Waals surface area contributed by atoms with E-state index >= 15 is 0 Å². The maximum atomic E-state index is 10.5. The number of nitrogens with zero attached hydrogens (tertiary/aromatic N) is 1. The van der Waals surface area contributed by atoms with Gasteiger partial charge in [-0.15, -0.1) is 0 Å². The molecule has 0 aromatic heterocycles. The molecule has 82 valence electrons. The second-order valence-corrected chi connectivity index (χ2v) is 3.59. The average Bonchev–Trinajstić information content (AvgIpc) is 2.17. The van der Waals surface area contributed by atoms with E-state index in [0.29, 0.717) is 0 Å². The lowest BCUT2D eigenvalue weighted by Gasteiger charge is -2.22. The first-order valence-electron chi connectivity index (χ1n) is 4.24. The number of rotatable bonds is 3. The Morgan fingerprint density at radius 3 is 2.60 bits per heavy atom. The Kier molecular flexibility index (Phi) is 2.92. The Morgan fingerprint density at radius 1 is 1.53 bits per heavy atom. The van der Waals surface area contributed by atoms with Crippen LogP contribution in [-0.2, 0) is 10.4 Å². The van der Waals surface area contributed by atoms with Crippen molar-refractivity contribution < 1.29 is 14.9 Å². The number of phenolic OH excluding ortho intramolecular Hbond substituents is 1. The minimum atomic E-state index is -0.976. The third-order valence-corrected chi connectivity index (χ3v) is 2.13. The van der Waals surface area contributed by atoms with Gasteiger partial charge in [0.15, 0.2) is 0 Å². The standard InChI is InChI=1S/C9H12N2O4/c1-9(2,15-10)7-5-6(11(13)14)3-4-8(7)12/h3-5,12H,10H2,1-2H3. The zero-order chi connectivity index (χ0) is 11.6. The van der Waals surface area contributed by atoms with E-state index in [1.807, 2.05) is 0 Å². The molecule has 0 radical (unpaired) electrons. The Balaban J connectivity index is 3.28. The Bertz CT molecular complexity index is 390. The molecule has 1 aromatic rings. The molecular formula is C9H12N2O4. The second-order valence-electron chi connectivity index (χ2n) is 3.59. The molecule has 0 saturated carbocycles. The molecule has 0 spiro atoms. The van der Waals surface area contributed by atoms with Crippen LogP contribution in [0.15, 0.2) is 18.2 Å². The highest BCUT2D eigenvalue weighted by Gasteiger charge is 2.26. The van der Waals surface area contributed by atoms with E-state index in [0.717, 1.165) is 0 Å². The summed E-state index contributed by atoms with van der Waals surface area (Å²) in [6.45, 7) is 3.21. The molecule has 6 nitrogen and oxygen atoms in total. The molecule has 0 fully saturated rings. The van der Waals surface area contributed by atoms with Crippen LogP contribution in [0.4, 0.5) is 5.69 Å². The summed E-state index contributed by atoms with van der Waals surface area (Å²) in [6, 6.07) is 3.70. The molecule has 0 aliphatic heterocycles. The molecule has 1 rings (SSSR count). The minimum Gasteiger partial charge on any atom is -0.508 e. The zero-order valence-electron chi connectivity index (χ0n) is 8.43. The molecule has 0 aliphatic carbocycles. The first kappa shape index (κ1) is 11.4. The van der Waals surface area contributed by atoms with E-state index in [-0.39, 0.29) is 17.0 Å². The van der Waals surface area contributed by atoms with Gasteiger partial charge in [-0.1, -0.05) is 0 Å². The number of benzene rings is 1. The van der Waals surface area contributed by atoms with E-state index in [1.165, 1.54) is 18.2 Å². The summed E-state index contributed by atoms with van der Waals surface area (Å²) >= 11 is 0. The number of aromatic hydroxyl groups is 1. The van der Waals surface area contributed by atoms with Crippen LogP contribution in [0.5, 0.6) is 5.75 Å². The van der Waals surface area contributed by atoms with Crippen molar-refractivity contribution in [3.8, 4) is 5.75 Å².